The molecular weight excluding hydrogens is 542 g/mol. The van der Waals surface area contributed by atoms with Crippen LogP contribution < -0.4 is 0 Å². The van der Waals surface area contributed by atoms with Gasteiger partial charge in [-0.2, -0.15) is 0 Å². The summed E-state index contributed by atoms with van der Waals surface area (Å²) in [6.07, 6.45) is 6.06. The quantitative estimate of drug-likeness (QED) is 0.230. The highest BCUT2D eigenvalue weighted by atomic mass is 17.1. The summed E-state index contributed by atoms with van der Waals surface area (Å²) in [6, 6.07) is 15.6. The number of carbonyl (C=O) groups is 2. The van der Waals surface area contributed by atoms with Crippen LogP contribution in [0.5, 0.6) is 0 Å². The van der Waals surface area contributed by atoms with Gasteiger partial charge in [0.25, 0.3) is 5.91 Å². The highest BCUT2D eigenvalue weighted by Gasteiger charge is 2.49. The third kappa shape index (κ3) is 6.54. The Hall–Kier alpha value is -4.04. The van der Waals surface area contributed by atoms with Crippen molar-refractivity contribution in [1.82, 2.24) is 30.5 Å². The minimum Gasteiger partial charge on any atom is -0.447 e. The van der Waals surface area contributed by atoms with E-state index in [1.165, 1.54) is 0 Å². The number of benzene rings is 2. The fourth-order valence-corrected chi connectivity index (χ4v) is 5.42. The van der Waals surface area contributed by atoms with Crippen LogP contribution in [0.3, 0.4) is 0 Å². The molecule has 2 N–H and O–H groups in total. The van der Waals surface area contributed by atoms with Gasteiger partial charge in [0, 0.05) is 18.4 Å². The Morgan fingerprint density at radius 3 is 2.48 bits per heavy atom. The van der Waals surface area contributed by atoms with Gasteiger partial charge < -0.3 is 4.74 Å². The number of hydrogen-bond donors (Lipinski definition) is 2. The van der Waals surface area contributed by atoms with Gasteiger partial charge in [-0.15, -0.1) is 10.2 Å². The van der Waals surface area contributed by atoms with E-state index in [-0.39, 0.29) is 31.4 Å². The molecule has 1 aliphatic carbocycles. The van der Waals surface area contributed by atoms with Crippen LogP contribution in [0.15, 0.2) is 53.5 Å². The number of aromatic nitrogens is 4. The normalized spacial score (nSPS) is 16.0. The van der Waals surface area contributed by atoms with Crippen molar-refractivity contribution in [2.45, 2.75) is 70.4 Å². The van der Waals surface area contributed by atoms with Gasteiger partial charge >= 0.3 is 6.09 Å². The summed E-state index contributed by atoms with van der Waals surface area (Å²) < 4.78 is 5.07. The Bertz CT molecular complexity index is 1420. The van der Waals surface area contributed by atoms with Crippen molar-refractivity contribution in [3.8, 4) is 22.5 Å². The maximum atomic E-state index is 13.5. The number of amidine groups is 1. The number of rotatable bonds is 12. The summed E-state index contributed by atoms with van der Waals surface area (Å²) >= 11 is 0. The number of ether oxygens (including phenoxy) is 1. The van der Waals surface area contributed by atoms with Gasteiger partial charge in [-0.25, -0.2) is 4.79 Å². The van der Waals surface area contributed by atoms with E-state index >= 15 is 0 Å². The van der Waals surface area contributed by atoms with Crippen LogP contribution in [0.1, 0.15) is 63.9 Å². The number of carbonyl (C=O) groups excluding carboxylic acids is 2. The molecule has 222 valence electrons. The molecule has 1 aromatic heterocycles. The fraction of sp³-hybridized carbons (Fsp3) is 0.448. The lowest BCUT2D eigenvalue weighted by atomic mass is 9.97. The second-order valence-electron chi connectivity index (χ2n) is 10.5. The number of hydrogen-bond acceptors (Lipinski definition) is 11. The van der Waals surface area contributed by atoms with Crippen LogP contribution in [0.25, 0.3) is 22.5 Å². The molecule has 2 aromatic carbocycles. The SMILES string of the molecule is CCCCC1=NC2(CCCC2)C(=O)N1Cc1ccc(-c2ccccc2-c2nnn(C(=O)OCCCON(O)O)n2)cc1. The van der Waals surface area contributed by atoms with Crippen LogP contribution in [0.4, 0.5) is 4.79 Å². The second-order valence-corrected chi connectivity index (χ2v) is 10.5. The maximum absolute atomic E-state index is 13.5. The standard InChI is InChI=1S/C29H35N7O6/c1-2-3-11-25-30-29(16-6-7-17-29)27(37)34(25)20-21-12-14-22(15-13-21)23-9-4-5-10-24(23)26-31-33-35(32-26)28(38)41-18-8-19-42-36(39)40/h4-5,9-10,12-15,39-40H,2-3,6-8,11,16-20H2,1H3. The Balaban J connectivity index is 1.27. The molecule has 1 spiro atoms. The Kier molecular flexibility index (Phi) is 9.32. The molecule has 2 heterocycles. The first kappa shape index (κ1) is 29.5. The van der Waals surface area contributed by atoms with E-state index in [9.17, 15) is 9.59 Å². The van der Waals surface area contributed by atoms with Crippen molar-refractivity contribution in [3.63, 3.8) is 0 Å². The van der Waals surface area contributed by atoms with Crippen LogP contribution >= 0.6 is 0 Å². The molecule has 5 rings (SSSR count). The minimum atomic E-state index is -0.821. The lowest BCUT2D eigenvalue weighted by molar-refractivity contribution is -0.492. The van der Waals surface area contributed by atoms with E-state index in [1.54, 1.807) is 0 Å². The van der Waals surface area contributed by atoms with Crippen LogP contribution in [-0.4, -0.2) is 77.5 Å². The predicted molar refractivity (Wildman–Crippen MR) is 150 cm³/mol. The van der Waals surface area contributed by atoms with Crippen LogP contribution in [0, 0.1) is 0 Å². The molecule has 1 aliphatic heterocycles. The Labute approximate surface area is 243 Å². The third-order valence-corrected chi connectivity index (χ3v) is 7.55. The highest BCUT2D eigenvalue weighted by molar-refractivity contribution is 6.08. The third-order valence-electron chi connectivity index (χ3n) is 7.55. The van der Waals surface area contributed by atoms with E-state index in [1.807, 2.05) is 53.4 Å². The zero-order chi connectivity index (χ0) is 29.5. The molecule has 1 amide bonds. The zero-order valence-corrected chi connectivity index (χ0v) is 23.6. The largest absolute Gasteiger partial charge is 0.453 e. The summed E-state index contributed by atoms with van der Waals surface area (Å²) in [5.41, 5.74) is 2.95. The molecule has 0 saturated heterocycles. The topological polar surface area (TPSA) is 156 Å². The minimum absolute atomic E-state index is 0.0392. The zero-order valence-electron chi connectivity index (χ0n) is 23.6. The van der Waals surface area contributed by atoms with E-state index in [0.29, 0.717) is 12.1 Å². The number of unbranched alkanes of at least 4 members (excludes halogenated alkanes) is 1. The molecule has 13 heteroatoms. The summed E-state index contributed by atoms with van der Waals surface area (Å²) in [5, 5.41) is 28.7. The first-order valence-corrected chi connectivity index (χ1v) is 14.3. The molecule has 42 heavy (non-hydrogen) atoms. The average Bonchev–Trinajstić information content (AvgIpc) is 3.74. The molecule has 0 bridgehead atoms. The number of aliphatic imine (C=N–C) groups is 1. The Morgan fingerprint density at radius 2 is 1.76 bits per heavy atom. The monoisotopic (exact) mass is 577 g/mol. The molecule has 1 saturated carbocycles. The molecule has 0 unspecified atom stereocenters. The van der Waals surface area contributed by atoms with Crippen molar-refractivity contribution in [2.75, 3.05) is 13.2 Å². The van der Waals surface area contributed by atoms with Crippen molar-refractivity contribution < 1.29 is 29.6 Å². The first-order chi connectivity index (χ1) is 20.4. The summed E-state index contributed by atoms with van der Waals surface area (Å²) in [4.78, 5) is 37.8. The number of tetrazole rings is 1. The van der Waals surface area contributed by atoms with Crippen molar-refractivity contribution in [1.29, 1.82) is 0 Å². The number of nitrogens with zero attached hydrogens (tertiary/aromatic N) is 7. The van der Waals surface area contributed by atoms with E-state index < -0.39 is 17.0 Å². The van der Waals surface area contributed by atoms with Crippen molar-refractivity contribution >= 4 is 17.8 Å². The van der Waals surface area contributed by atoms with E-state index in [4.69, 9.17) is 20.1 Å². The average molecular weight is 578 g/mol. The molecule has 0 atom stereocenters. The first-order valence-electron chi connectivity index (χ1n) is 14.3. The van der Waals surface area contributed by atoms with Gasteiger partial charge in [-0.05, 0) is 41.2 Å². The molecule has 0 radical (unpaired) electrons. The molecule has 2 aliphatic rings. The number of amides is 1. The molecule has 3 aromatic rings. The highest BCUT2D eigenvalue weighted by Crippen LogP contribution is 2.40. The van der Waals surface area contributed by atoms with Gasteiger partial charge in [0.2, 0.25) is 5.82 Å². The molecule has 13 nitrogen and oxygen atoms in total. The van der Waals surface area contributed by atoms with Crippen molar-refractivity contribution in [2.24, 2.45) is 4.99 Å². The van der Waals surface area contributed by atoms with E-state index in [0.717, 1.165) is 72.3 Å². The smallest absolute Gasteiger partial charge is 0.447 e. The maximum Gasteiger partial charge on any atom is 0.453 e. The summed E-state index contributed by atoms with van der Waals surface area (Å²) in [7, 11) is 0. The van der Waals surface area contributed by atoms with Crippen molar-refractivity contribution in [3.05, 3.63) is 54.1 Å². The summed E-state index contributed by atoms with van der Waals surface area (Å²) in [6.45, 7) is 2.54. The van der Waals surface area contributed by atoms with Crippen LogP contribution in [-0.2, 0) is 20.9 Å². The van der Waals surface area contributed by atoms with Gasteiger partial charge in [0.15, 0.2) is 0 Å². The Morgan fingerprint density at radius 1 is 1.02 bits per heavy atom. The summed E-state index contributed by atoms with van der Waals surface area (Å²) in [5.74, 6) is 1.32. The predicted octanol–water partition coefficient (Wildman–Crippen LogP) is 4.64. The van der Waals surface area contributed by atoms with Crippen LogP contribution in [0.2, 0.25) is 0 Å². The molecule has 1 fully saturated rings. The van der Waals surface area contributed by atoms with Gasteiger partial charge in [-0.1, -0.05) is 79.5 Å². The van der Waals surface area contributed by atoms with E-state index in [2.05, 4.69) is 27.2 Å². The lowest BCUT2D eigenvalue weighted by Crippen LogP contribution is -2.40. The second kappa shape index (κ2) is 13.3. The van der Waals surface area contributed by atoms with Gasteiger partial charge in [0.05, 0.1) is 25.1 Å². The fourth-order valence-electron chi connectivity index (χ4n) is 5.42. The van der Waals surface area contributed by atoms with Gasteiger partial charge in [-0.3, -0.25) is 29.9 Å². The molecular formula is C29H35N7O6. The lowest BCUT2D eigenvalue weighted by Gasteiger charge is -2.23. The van der Waals surface area contributed by atoms with Gasteiger partial charge in [0.1, 0.15) is 11.4 Å².